The fourth-order valence-electron chi connectivity index (χ4n) is 5.80. The number of nitrogens with two attached hydrogens (primary N) is 1. The van der Waals surface area contributed by atoms with Gasteiger partial charge in [0, 0.05) is 18.2 Å². The van der Waals surface area contributed by atoms with Crippen molar-refractivity contribution in [1.82, 2.24) is 29.5 Å². The van der Waals surface area contributed by atoms with Crippen LogP contribution in [0.25, 0.3) is 11.2 Å². The van der Waals surface area contributed by atoms with Crippen molar-refractivity contribution in [3.63, 3.8) is 0 Å². The number of ether oxygens (including phenoxy) is 1. The first-order valence-electron chi connectivity index (χ1n) is 15.3. The smallest absolute Gasteiger partial charge is 0.386 e. The fraction of sp³-hybridized carbons (Fsp3) is 0.654. The zero-order chi connectivity index (χ0) is 34.6. The van der Waals surface area contributed by atoms with E-state index in [9.17, 15) is 13.9 Å². The van der Waals surface area contributed by atoms with Crippen LogP contribution in [-0.2, 0) is 36.4 Å². The number of aromatic nitrogens is 6. The fourth-order valence-corrected chi connectivity index (χ4v) is 10.2. The molecule has 2 bridgehead atoms. The highest BCUT2D eigenvalue weighted by Crippen LogP contribution is 2.61. The van der Waals surface area contributed by atoms with Crippen molar-refractivity contribution in [2.24, 2.45) is 5.92 Å². The van der Waals surface area contributed by atoms with Gasteiger partial charge in [0.15, 0.2) is 25.7 Å². The number of nitrogens with zero attached hydrogens (tertiary/aromatic N) is 5. The predicted molar refractivity (Wildman–Crippen MR) is 186 cm³/mol. The summed E-state index contributed by atoms with van der Waals surface area (Å²) in [6, 6.07) is 1.58. The molecule has 2 aliphatic heterocycles. The van der Waals surface area contributed by atoms with E-state index < -0.39 is 64.0 Å². The van der Waals surface area contributed by atoms with Gasteiger partial charge in [-0.15, -0.1) is 0 Å². The number of nitrogens with one attached hydrogen (secondary N) is 2. The first kappa shape index (κ1) is 36.0. The number of H-pyrrole nitrogens is 1. The van der Waals surface area contributed by atoms with Crippen molar-refractivity contribution >= 4 is 69.3 Å². The molecule has 264 valence electrons. The molecule has 48 heavy (non-hydrogen) atoms. The van der Waals surface area contributed by atoms with Crippen molar-refractivity contribution in [3.8, 4) is 0 Å². The van der Waals surface area contributed by atoms with E-state index in [2.05, 4.69) is 75.5 Å². The number of aromatic amines is 1. The Labute approximate surface area is 288 Å². The molecule has 1 aliphatic carbocycles. The highest BCUT2D eigenvalue weighted by atomic mass is 32.7. The van der Waals surface area contributed by atoms with E-state index in [4.69, 9.17) is 33.0 Å². The Kier molecular flexibility index (Phi) is 10.0. The lowest BCUT2D eigenvalue weighted by Gasteiger charge is -2.40. The summed E-state index contributed by atoms with van der Waals surface area (Å²) in [5, 5.41) is 3.06. The molecule has 3 fully saturated rings. The lowest BCUT2D eigenvalue weighted by Crippen LogP contribution is -2.50. The molecule has 5 heterocycles. The summed E-state index contributed by atoms with van der Waals surface area (Å²) in [6.07, 6.45) is 0.485. The van der Waals surface area contributed by atoms with E-state index in [0.29, 0.717) is 18.7 Å². The van der Waals surface area contributed by atoms with E-state index in [1.54, 1.807) is 12.3 Å². The Balaban J connectivity index is 1.36. The van der Waals surface area contributed by atoms with Gasteiger partial charge in [0.1, 0.15) is 30.5 Å². The molecule has 17 nitrogen and oxygen atoms in total. The van der Waals surface area contributed by atoms with Crippen molar-refractivity contribution in [2.75, 3.05) is 24.3 Å². The quantitative estimate of drug-likeness (QED) is 0.137. The number of thiol groups is 2. The van der Waals surface area contributed by atoms with Crippen LogP contribution in [0, 0.1) is 5.92 Å². The van der Waals surface area contributed by atoms with Crippen LogP contribution in [-0.4, -0.2) is 81.5 Å². The molecule has 4 N–H and O–H groups in total. The van der Waals surface area contributed by atoms with Crippen LogP contribution < -0.4 is 16.6 Å². The number of fused-ring (bicyclic) bond motifs is 4. The average Bonchev–Trinajstić information content (AvgIpc) is 3.66. The maximum Gasteiger partial charge on any atom is 0.386 e. The summed E-state index contributed by atoms with van der Waals surface area (Å²) in [5.74, 6) is 0.0741. The first-order valence-corrected chi connectivity index (χ1v) is 23.6. The molecule has 0 unspecified atom stereocenters. The van der Waals surface area contributed by atoms with Gasteiger partial charge in [-0.2, -0.15) is 4.98 Å². The summed E-state index contributed by atoms with van der Waals surface area (Å²) in [5.41, 5.74) is 5.40. The zero-order valence-corrected chi connectivity index (χ0v) is 31.5. The van der Waals surface area contributed by atoms with Gasteiger partial charge < -0.3 is 24.7 Å². The number of nitrogen functional groups attached to an aromatic ring is 1. The third-order valence-corrected chi connectivity index (χ3v) is 16.9. The molecule has 0 aromatic carbocycles. The topological polar surface area (TPSA) is 217 Å². The van der Waals surface area contributed by atoms with Gasteiger partial charge in [-0.3, -0.25) is 27.9 Å². The number of hydrogen-bond donors (Lipinski definition) is 5. The first-order chi connectivity index (χ1) is 22.4. The molecule has 0 radical (unpaired) electrons. The second-order valence-corrected chi connectivity index (χ2v) is 24.1. The van der Waals surface area contributed by atoms with E-state index in [1.807, 2.05) is 13.1 Å². The molecule has 1 saturated carbocycles. The third-order valence-electron chi connectivity index (χ3n) is 9.19. The summed E-state index contributed by atoms with van der Waals surface area (Å²) in [6.45, 7) is 1.70. The van der Waals surface area contributed by atoms with Crippen LogP contribution in [0.15, 0.2) is 29.7 Å². The monoisotopic (exact) mass is 762 g/mol. The zero-order valence-electron chi connectivity index (χ0n) is 27.0. The number of anilines is 2. The van der Waals surface area contributed by atoms with E-state index in [0.717, 1.165) is 0 Å². The van der Waals surface area contributed by atoms with Gasteiger partial charge >= 0.3 is 13.6 Å². The summed E-state index contributed by atoms with van der Waals surface area (Å²) >= 11 is 8.70. The Bertz CT molecular complexity index is 1800. The Morgan fingerprint density at radius 1 is 1.10 bits per heavy atom. The molecule has 2 saturated heterocycles. The van der Waals surface area contributed by atoms with Crippen molar-refractivity contribution in [2.45, 2.75) is 88.4 Å². The van der Waals surface area contributed by atoms with Crippen molar-refractivity contribution in [3.05, 3.63) is 35.3 Å². The maximum atomic E-state index is 14.1. The number of rotatable bonds is 5. The van der Waals surface area contributed by atoms with Crippen LogP contribution in [0.2, 0.25) is 18.1 Å². The molecular weight excluding hydrogens is 723 g/mol. The molecular formula is C26H40N8O9P2S2Si. The van der Waals surface area contributed by atoms with E-state index >= 15 is 0 Å². The van der Waals surface area contributed by atoms with Gasteiger partial charge in [0.2, 0.25) is 5.95 Å². The highest BCUT2D eigenvalue weighted by molar-refractivity contribution is 8.44. The minimum Gasteiger partial charge on any atom is -0.408 e. The molecule has 0 spiro atoms. The summed E-state index contributed by atoms with van der Waals surface area (Å²) in [4.78, 5) is 31.7. The standard InChI is InChI=1S/C26H40N8O9P2S2Si/c1-26(2,3)48(4,5)43-20-17-11-39-44(36,46)41-16-9-15(31-18-6-7-28-12-29-18)8-14(16)10-38-45(37,47)42-21(20)24(40-17)34-13-30-19-22(34)32-25(27)33-23(19)35/h6-7,12-17,20-21,24H,8-11H2,1-5H3,(H,36,46)(H,37,47)(H,28,29,31)(H3,27,32,33,35)/t14-,15-,16+,17-,20-,21-,24-,44-,45-/m1/s1. The second kappa shape index (κ2) is 13.4. The molecule has 0 amide bonds. The van der Waals surface area contributed by atoms with E-state index in [1.165, 1.54) is 17.2 Å². The largest absolute Gasteiger partial charge is 0.408 e. The average molecular weight is 763 g/mol. The molecule has 3 aliphatic rings. The van der Waals surface area contributed by atoms with Crippen LogP contribution in [0.3, 0.4) is 0 Å². The maximum absolute atomic E-state index is 14.1. The Morgan fingerprint density at radius 2 is 1.83 bits per heavy atom. The molecule has 9 atom stereocenters. The molecule has 22 heteroatoms. The normalized spacial score (nSPS) is 35.0. The Morgan fingerprint density at radius 3 is 2.54 bits per heavy atom. The van der Waals surface area contributed by atoms with E-state index in [-0.39, 0.29) is 41.4 Å². The predicted octanol–water partition coefficient (Wildman–Crippen LogP) is 4.56. The number of hydrogen-bond acceptors (Lipinski definition) is 15. The van der Waals surface area contributed by atoms with Gasteiger partial charge in [0.25, 0.3) is 5.56 Å². The van der Waals surface area contributed by atoms with Crippen LogP contribution >= 0.6 is 38.1 Å². The minimum atomic E-state index is -4.15. The lowest BCUT2D eigenvalue weighted by atomic mass is 10.1. The minimum absolute atomic E-state index is 0.00140. The molecule has 3 aromatic rings. The molecule has 3 aromatic heterocycles. The van der Waals surface area contributed by atoms with Crippen LogP contribution in [0.5, 0.6) is 0 Å². The van der Waals surface area contributed by atoms with Crippen LogP contribution in [0.1, 0.15) is 39.8 Å². The Hall–Kier alpha value is -1.83. The summed E-state index contributed by atoms with van der Waals surface area (Å²) in [7, 11) is -2.58. The van der Waals surface area contributed by atoms with Crippen LogP contribution in [0.4, 0.5) is 11.8 Å². The highest BCUT2D eigenvalue weighted by Gasteiger charge is 2.55. The van der Waals surface area contributed by atoms with Gasteiger partial charge in [-0.25, -0.2) is 24.1 Å². The van der Waals surface area contributed by atoms with Crippen molar-refractivity contribution < 1.29 is 36.4 Å². The lowest BCUT2D eigenvalue weighted by molar-refractivity contribution is -0.0482. The van der Waals surface area contributed by atoms with Gasteiger partial charge in [0.05, 0.1) is 25.6 Å². The van der Waals surface area contributed by atoms with Gasteiger partial charge in [-0.1, -0.05) is 45.3 Å². The second-order valence-electron chi connectivity index (χ2n) is 13.6. The van der Waals surface area contributed by atoms with Crippen molar-refractivity contribution in [1.29, 1.82) is 0 Å². The number of imidazole rings is 1. The third kappa shape index (κ3) is 7.73. The molecule has 6 rings (SSSR count). The summed E-state index contributed by atoms with van der Waals surface area (Å²) < 4.78 is 66.6. The van der Waals surface area contributed by atoms with Gasteiger partial charge in [-0.05, 0) is 37.0 Å². The SMILES string of the molecule is CC(C)(C)[Si](C)(C)O[C@H]1[C@H]2O[P@](=O)(S)OC[C@H]3C[C@@H](Nc4ccncn4)C[C@@H]3O[P@](=O)(S)OC[C@H]1O[C@H]2n1cnc2c(=O)[nH]c(N)nc21.